The van der Waals surface area contributed by atoms with E-state index < -0.39 is 5.97 Å². The lowest BCUT2D eigenvalue weighted by Crippen LogP contribution is -2.23. The van der Waals surface area contributed by atoms with E-state index in [1.54, 1.807) is 18.2 Å². The summed E-state index contributed by atoms with van der Waals surface area (Å²) in [5.74, 6) is -0.474. The first kappa shape index (κ1) is 14.5. The highest BCUT2D eigenvalue weighted by molar-refractivity contribution is 5.96. The molecule has 0 spiro atoms. The van der Waals surface area contributed by atoms with Gasteiger partial charge in [0.2, 0.25) is 5.91 Å². The number of anilines is 1. The molecule has 0 saturated heterocycles. The van der Waals surface area contributed by atoms with E-state index in [0.717, 1.165) is 24.8 Å². The summed E-state index contributed by atoms with van der Waals surface area (Å²) in [7, 11) is 1.33. The third-order valence-corrected chi connectivity index (χ3v) is 3.76. The van der Waals surface area contributed by atoms with E-state index in [9.17, 15) is 9.59 Å². The van der Waals surface area contributed by atoms with Crippen LogP contribution in [0.5, 0.6) is 0 Å². The Hall–Kier alpha value is -1.88. The Morgan fingerprint density at radius 3 is 2.70 bits per heavy atom. The highest BCUT2D eigenvalue weighted by Crippen LogP contribution is 2.26. The number of esters is 1. The van der Waals surface area contributed by atoms with Gasteiger partial charge in [-0.3, -0.25) is 4.79 Å². The Morgan fingerprint density at radius 1 is 1.35 bits per heavy atom. The van der Waals surface area contributed by atoms with Gasteiger partial charge in [-0.15, -0.1) is 0 Å². The van der Waals surface area contributed by atoms with E-state index in [4.69, 9.17) is 5.73 Å². The average molecular weight is 276 g/mol. The molecule has 2 rings (SSSR count). The topological polar surface area (TPSA) is 81.4 Å². The number of ether oxygens (including phenoxy) is 1. The van der Waals surface area contributed by atoms with E-state index in [0.29, 0.717) is 11.3 Å². The summed E-state index contributed by atoms with van der Waals surface area (Å²) in [5.41, 5.74) is 7.82. The highest BCUT2D eigenvalue weighted by Gasteiger charge is 2.28. The van der Waals surface area contributed by atoms with Gasteiger partial charge < -0.3 is 15.8 Å². The van der Waals surface area contributed by atoms with Crippen molar-refractivity contribution in [1.29, 1.82) is 0 Å². The summed E-state index contributed by atoms with van der Waals surface area (Å²) in [6.45, 7) is 1.89. The van der Waals surface area contributed by atoms with Crippen LogP contribution in [0.15, 0.2) is 18.2 Å². The van der Waals surface area contributed by atoms with Gasteiger partial charge in [-0.2, -0.15) is 0 Å². The van der Waals surface area contributed by atoms with Crippen LogP contribution < -0.4 is 11.1 Å². The molecule has 5 heteroatoms. The molecule has 0 radical (unpaired) electrons. The number of hydrogen-bond acceptors (Lipinski definition) is 4. The third-order valence-electron chi connectivity index (χ3n) is 3.76. The number of amides is 1. The second kappa shape index (κ2) is 6.05. The predicted molar refractivity (Wildman–Crippen MR) is 76.5 cm³/mol. The molecule has 1 aromatic rings. The van der Waals surface area contributed by atoms with Gasteiger partial charge in [0.05, 0.1) is 12.7 Å². The number of carbonyl (C=O) groups is 2. The van der Waals surface area contributed by atoms with Crippen LogP contribution in [0, 0.1) is 12.8 Å². The van der Waals surface area contributed by atoms with Gasteiger partial charge in [-0.05, 0) is 43.9 Å². The van der Waals surface area contributed by atoms with Crippen molar-refractivity contribution in [3.05, 3.63) is 29.3 Å². The number of aryl methyl sites for hydroxylation is 1. The maximum absolute atomic E-state index is 12.2. The zero-order valence-electron chi connectivity index (χ0n) is 11.8. The van der Waals surface area contributed by atoms with Crippen molar-refractivity contribution in [2.45, 2.75) is 32.2 Å². The Morgan fingerprint density at radius 2 is 2.10 bits per heavy atom. The van der Waals surface area contributed by atoms with Crippen molar-refractivity contribution in [1.82, 2.24) is 0 Å². The number of methoxy groups -OCH3 is 1. The number of benzene rings is 1. The summed E-state index contributed by atoms with van der Waals surface area (Å²) >= 11 is 0. The molecule has 108 valence electrons. The Bertz CT molecular complexity index is 528. The van der Waals surface area contributed by atoms with Crippen LogP contribution in [0.2, 0.25) is 0 Å². The van der Waals surface area contributed by atoms with Crippen LogP contribution in [0.3, 0.4) is 0 Å². The maximum Gasteiger partial charge on any atom is 0.337 e. The fourth-order valence-electron chi connectivity index (χ4n) is 2.49. The quantitative estimate of drug-likeness (QED) is 0.825. The monoisotopic (exact) mass is 276 g/mol. The molecule has 2 unspecified atom stereocenters. The minimum Gasteiger partial charge on any atom is -0.465 e. The lowest BCUT2D eigenvalue weighted by atomic mass is 10.1. The van der Waals surface area contributed by atoms with Crippen molar-refractivity contribution in [2.75, 3.05) is 12.4 Å². The molecule has 1 aliphatic carbocycles. The summed E-state index contributed by atoms with van der Waals surface area (Å²) in [5, 5.41) is 2.89. The number of hydrogen-bond donors (Lipinski definition) is 2. The van der Waals surface area contributed by atoms with E-state index in [-0.39, 0.29) is 17.9 Å². The van der Waals surface area contributed by atoms with Gasteiger partial charge in [0, 0.05) is 17.6 Å². The molecule has 20 heavy (non-hydrogen) atoms. The number of nitrogens with one attached hydrogen (secondary N) is 1. The number of nitrogens with two attached hydrogens (primary N) is 1. The first-order valence-corrected chi connectivity index (χ1v) is 6.76. The minimum absolute atomic E-state index is 0.0249. The molecule has 1 aliphatic rings. The molecule has 0 bridgehead atoms. The first-order valence-electron chi connectivity index (χ1n) is 6.76. The van der Waals surface area contributed by atoms with Crippen LogP contribution in [-0.4, -0.2) is 25.0 Å². The zero-order chi connectivity index (χ0) is 14.7. The molecule has 1 aromatic carbocycles. The van der Waals surface area contributed by atoms with Gasteiger partial charge >= 0.3 is 5.97 Å². The molecule has 1 saturated carbocycles. The fourth-order valence-corrected chi connectivity index (χ4v) is 2.49. The third kappa shape index (κ3) is 3.17. The fraction of sp³-hybridized carbons (Fsp3) is 0.467. The van der Waals surface area contributed by atoms with Gasteiger partial charge in [0.15, 0.2) is 0 Å². The molecule has 0 aromatic heterocycles. The van der Waals surface area contributed by atoms with E-state index >= 15 is 0 Å². The van der Waals surface area contributed by atoms with Crippen molar-refractivity contribution in [3.63, 3.8) is 0 Å². The van der Waals surface area contributed by atoms with Gasteiger partial charge in [0.25, 0.3) is 0 Å². The lowest BCUT2D eigenvalue weighted by Gasteiger charge is -2.13. The number of rotatable bonds is 3. The normalized spacial score (nSPS) is 21.6. The van der Waals surface area contributed by atoms with E-state index in [1.807, 2.05) is 6.92 Å². The van der Waals surface area contributed by atoms with Crippen LogP contribution in [0.25, 0.3) is 0 Å². The Labute approximate surface area is 118 Å². The zero-order valence-corrected chi connectivity index (χ0v) is 11.8. The molecular formula is C15H20N2O3. The smallest absolute Gasteiger partial charge is 0.337 e. The number of carbonyl (C=O) groups excluding carboxylic acids is 2. The first-order chi connectivity index (χ1) is 9.51. The molecular weight excluding hydrogens is 256 g/mol. The van der Waals surface area contributed by atoms with Crippen LogP contribution in [0.4, 0.5) is 5.69 Å². The summed E-state index contributed by atoms with van der Waals surface area (Å²) in [4.78, 5) is 23.7. The Balaban J connectivity index is 2.12. The van der Waals surface area contributed by atoms with Crippen molar-refractivity contribution in [3.8, 4) is 0 Å². The molecule has 1 amide bonds. The van der Waals surface area contributed by atoms with E-state index in [1.165, 1.54) is 7.11 Å². The van der Waals surface area contributed by atoms with E-state index in [2.05, 4.69) is 10.1 Å². The maximum atomic E-state index is 12.2. The second-order valence-electron chi connectivity index (χ2n) is 5.28. The standard InChI is InChI=1S/C15H20N2O3/c1-9-3-4-11(15(19)20-2)8-13(9)17-14(18)10-5-6-12(16)7-10/h3-4,8,10,12H,5-7,16H2,1-2H3,(H,17,18). The van der Waals surface area contributed by atoms with Crippen molar-refractivity contribution >= 4 is 17.6 Å². The van der Waals surface area contributed by atoms with Crippen molar-refractivity contribution < 1.29 is 14.3 Å². The minimum atomic E-state index is -0.414. The molecule has 5 nitrogen and oxygen atoms in total. The summed E-state index contributed by atoms with van der Waals surface area (Å²) < 4.78 is 4.68. The van der Waals surface area contributed by atoms with Crippen LogP contribution in [-0.2, 0) is 9.53 Å². The average Bonchev–Trinajstić information content (AvgIpc) is 2.87. The molecule has 0 heterocycles. The Kier molecular flexibility index (Phi) is 4.39. The highest BCUT2D eigenvalue weighted by atomic mass is 16.5. The summed E-state index contributed by atoms with van der Waals surface area (Å²) in [6, 6.07) is 5.24. The van der Waals surface area contributed by atoms with Gasteiger partial charge in [-0.25, -0.2) is 4.79 Å². The molecule has 1 fully saturated rings. The van der Waals surface area contributed by atoms with Gasteiger partial charge in [0.1, 0.15) is 0 Å². The SMILES string of the molecule is COC(=O)c1ccc(C)c(NC(=O)C2CCC(N)C2)c1. The summed E-state index contributed by atoms with van der Waals surface area (Å²) in [6.07, 6.45) is 2.43. The van der Waals surface area contributed by atoms with Gasteiger partial charge in [-0.1, -0.05) is 6.07 Å². The van der Waals surface area contributed by atoms with Crippen LogP contribution in [0.1, 0.15) is 35.2 Å². The molecule has 3 N–H and O–H groups in total. The molecule has 2 atom stereocenters. The van der Waals surface area contributed by atoms with Crippen molar-refractivity contribution in [2.24, 2.45) is 11.7 Å². The van der Waals surface area contributed by atoms with Crippen LogP contribution >= 0.6 is 0 Å². The lowest BCUT2D eigenvalue weighted by molar-refractivity contribution is -0.119. The molecule has 0 aliphatic heterocycles. The second-order valence-corrected chi connectivity index (χ2v) is 5.28. The predicted octanol–water partition coefficient (Wildman–Crippen LogP) is 1.85. The largest absolute Gasteiger partial charge is 0.465 e.